The van der Waals surface area contributed by atoms with Crippen LogP contribution in [0.3, 0.4) is 0 Å². The van der Waals surface area contributed by atoms with Crippen LogP contribution in [0.4, 0.5) is 4.39 Å². The first-order valence-corrected chi connectivity index (χ1v) is 8.05. The van der Waals surface area contributed by atoms with Crippen LogP contribution in [0, 0.1) is 11.7 Å². The average molecular weight is 313 g/mol. The minimum Gasteiger partial charge on any atom is -0.314 e. The molecule has 0 unspecified atom stereocenters. The van der Waals surface area contributed by atoms with Gasteiger partial charge >= 0.3 is 0 Å². The Morgan fingerprint density at radius 1 is 1.05 bits per heavy atom. The molecule has 1 saturated carbocycles. The first-order chi connectivity index (χ1) is 9.86. The van der Waals surface area contributed by atoms with E-state index in [4.69, 9.17) is 0 Å². The van der Waals surface area contributed by atoms with Gasteiger partial charge in [-0.1, -0.05) is 37.5 Å². The molecule has 0 bridgehead atoms. The lowest BCUT2D eigenvalue weighted by Gasteiger charge is -2.41. The molecule has 1 atom stereocenters. The molecular weight excluding hydrogens is 287 g/mol. The normalized spacial score (nSPS) is 22.5. The van der Waals surface area contributed by atoms with E-state index in [-0.39, 0.29) is 24.3 Å². The maximum Gasteiger partial charge on any atom is 0.127 e. The molecule has 2 aliphatic rings. The van der Waals surface area contributed by atoms with Crippen LogP contribution in [0.25, 0.3) is 0 Å². The molecule has 1 aromatic carbocycles. The van der Waals surface area contributed by atoms with Crippen LogP contribution in [-0.2, 0) is 0 Å². The minimum atomic E-state index is -0.0263. The minimum absolute atomic E-state index is 0. The number of nitrogens with zero attached hydrogens (tertiary/aromatic N) is 1. The van der Waals surface area contributed by atoms with E-state index in [1.54, 1.807) is 12.1 Å². The summed E-state index contributed by atoms with van der Waals surface area (Å²) >= 11 is 0. The van der Waals surface area contributed by atoms with Crippen LogP contribution < -0.4 is 5.32 Å². The molecule has 0 amide bonds. The van der Waals surface area contributed by atoms with Gasteiger partial charge in [-0.25, -0.2) is 4.39 Å². The van der Waals surface area contributed by atoms with E-state index in [2.05, 4.69) is 10.2 Å². The molecule has 118 valence electrons. The van der Waals surface area contributed by atoms with Gasteiger partial charge in [0.2, 0.25) is 0 Å². The van der Waals surface area contributed by atoms with Crippen LogP contribution >= 0.6 is 12.4 Å². The summed E-state index contributed by atoms with van der Waals surface area (Å²) in [7, 11) is 0. The lowest BCUT2D eigenvalue weighted by atomic mass is 9.80. The molecule has 2 fully saturated rings. The van der Waals surface area contributed by atoms with Crippen molar-refractivity contribution in [2.45, 2.75) is 38.1 Å². The van der Waals surface area contributed by atoms with Crippen LogP contribution in [0.1, 0.15) is 43.7 Å². The van der Waals surface area contributed by atoms with Crippen molar-refractivity contribution >= 4 is 12.4 Å². The Morgan fingerprint density at radius 2 is 1.71 bits per heavy atom. The first kappa shape index (κ1) is 16.7. The van der Waals surface area contributed by atoms with Gasteiger partial charge in [-0.15, -0.1) is 12.4 Å². The Kier molecular flexibility index (Phi) is 6.46. The summed E-state index contributed by atoms with van der Waals surface area (Å²) in [5, 5.41) is 3.40. The van der Waals surface area contributed by atoms with Gasteiger partial charge in [0.05, 0.1) is 0 Å². The molecule has 1 aliphatic carbocycles. The van der Waals surface area contributed by atoms with Gasteiger partial charge in [0, 0.05) is 37.8 Å². The van der Waals surface area contributed by atoms with Crippen molar-refractivity contribution in [1.29, 1.82) is 0 Å². The molecule has 1 N–H and O–H groups in total. The third-order valence-corrected chi connectivity index (χ3v) is 4.87. The SMILES string of the molecule is Cl.Fc1ccccc1[C@@H](C1CCCCC1)N1CCNCC1. The van der Waals surface area contributed by atoms with Gasteiger partial charge in [-0.2, -0.15) is 0 Å². The fraction of sp³-hybridized carbons (Fsp3) is 0.647. The van der Waals surface area contributed by atoms with E-state index >= 15 is 0 Å². The molecule has 4 heteroatoms. The van der Waals surface area contributed by atoms with E-state index in [1.165, 1.54) is 32.1 Å². The molecule has 2 nitrogen and oxygen atoms in total. The summed E-state index contributed by atoms with van der Waals surface area (Å²) < 4.78 is 14.3. The van der Waals surface area contributed by atoms with Crippen molar-refractivity contribution in [2.75, 3.05) is 26.2 Å². The molecule has 0 aromatic heterocycles. The molecule has 1 aromatic rings. The third-order valence-electron chi connectivity index (χ3n) is 4.87. The number of halogens is 2. The fourth-order valence-electron chi connectivity index (χ4n) is 3.87. The maximum absolute atomic E-state index is 14.3. The van der Waals surface area contributed by atoms with Gasteiger partial charge in [0.1, 0.15) is 5.82 Å². The van der Waals surface area contributed by atoms with E-state index in [1.807, 2.05) is 12.1 Å². The largest absolute Gasteiger partial charge is 0.314 e. The van der Waals surface area contributed by atoms with Crippen LogP contribution in [-0.4, -0.2) is 31.1 Å². The zero-order valence-corrected chi connectivity index (χ0v) is 13.4. The van der Waals surface area contributed by atoms with Crippen molar-refractivity contribution in [2.24, 2.45) is 5.92 Å². The van der Waals surface area contributed by atoms with E-state index in [0.717, 1.165) is 31.7 Å². The number of rotatable bonds is 3. The van der Waals surface area contributed by atoms with Crippen molar-refractivity contribution in [3.8, 4) is 0 Å². The van der Waals surface area contributed by atoms with Gasteiger partial charge in [0.15, 0.2) is 0 Å². The number of nitrogens with one attached hydrogen (secondary N) is 1. The molecule has 3 rings (SSSR count). The number of hydrogen-bond acceptors (Lipinski definition) is 2. The van der Waals surface area contributed by atoms with Crippen molar-refractivity contribution in [3.05, 3.63) is 35.6 Å². The molecule has 1 heterocycles. The predicted octanol–water partition coefficient (Wildman–Crippen LogP) is 3.77. The highest BCUT2D eigenvalue weighted by atomic mass is 35.5. The third kappa shape index (κ3) is 3.97. The first-order valence-electron chi connectivity index (χ1n) is 8.05. The Hall–Kier alpha value is -0.640. The Morgan fingerprint density at radius 3 is 2.38 bits per heavy atom. The van der Waals surface area contributed by atoms with Crippen LogP contribution in [0.5, 0.6) is 0 Å². The van der Waals surface area contributed by atoms with Gasteiger partial charge < -0.3 is 5.32 Å². The highest BCUT2D eigenvalue weighted by Gasteiger charge is 2.32. The average Bonchev–Trinajstić information content (AvgIpc) is 2.52. The van der Waals surface area contributed by atoms with Gasteiger partial charge in [-0.05, 0) is 24.8 Å². The van der Waals surface area contributed by atoms with E-state index < -0.39 is 0 Å². The standard InChI is InChI=1S/C17H25FN2.ClH/c18-16-9-5-4-8-15(16)17(14-6-2-1-3-7-14)20-12-10-19-11-13-20;/h4-5,8-9,14,17,19H,1-3,6-7,10-13H2;1H/t17-;/m1./s1. The molecule has 0 spiro atoms. The molecule has 1 aliphatic heterocycles. The van der Waals surface area contributed by atoms with Crippen LogP contribution in [0.15, 0.2) is 24.3 Å². The number of hydrogen-bond donors (Lipinski definition) is 1. The second-order valence-electron chi connectivity index (χ2n) is 6.15. The Labute approximate surface area is 133 Å². The Balaban J connectivity index is 0.00000161. The summed E-state index contributed by atoms with van der Waals surface area (Å²) in [4.78, 5) is 2.50. The predicted molar refractivity (Wildman–Crippen MR) is 87.4 cm³/mol. The molecular formula is C17H26ClFN2. The van der Waals surface area contributed by atoms with Crippen molar-refractivity contribution in [3.63, 3.8) is 0 Å². The second kappa shape index (κ2) is 8.11. The van der Waals surface area contributed by atoms with E-state index in [0.29, 0.717) is 5.92 Å². The zero-order chi connectivity index (χ0) is 13.8. The second-order valence-corrected chi connectivity index (χ2v) is 6.15. The smallest absolute Gasteiger partial charge is 0.127 e. The van der Waals surface area contributed by atoms with Gasteiger partial charge in [-0.3, -0.25) is 4.90 Å². The van der Waals surface area contributed by atoms with Gasteiger partial charge in [0.25, 0.3) is 0 Å². The molecule has 0 radical (unpaired) electrons. The Bertz CT molecular complexity index is 411. The lowest BCUT2D eigenvalue weighted by molar-refractivity contribution is 0.101. The van der Waals surface area contributed by atoms with Crippen molar-refractivity contribution < 1.29 is 4.39 Å². The van der Waals surface area contributed by atoms with Crippen molar-refractivity contribution in [1.82, 2.24) is 10.2 Å². The monoisotopic (exact) mass is 312 g/mol. The quantitative estimate of drug-likeness (QED) is 0.914. The fourth-order valence-corrected chi connectivity index (χ4v) is 3.87. The summed E-state index contributed by atoms with van der Waals surface area (Å²) in [6, 6.07) is 7.67. The zero-order valence-electron chi connectivity index (χ0n) is 12.6. The summed E-state index contributed by atoms with van der Waals surface area (Å²) in [6.45, 7) is 4.13. The highest BCUT2D eigenvalue weighted by molar-refractivity contribution is 5.85. The lowest BCUT2D eigenvalue weighted by Crippen LogP contribution is -2.47. The van der Waals surface area contributed by atoms with Crippen LogP contribution in [0.2, 0.25) is 0 Å². The summed E-state index contributed by atoms with van der Waals surface area (Å²) in [5.41, 5.74) is 0.918. The maximum atomic E-state index is 14.3. The highest BCUT2D eigenvalue weighted by Crippen LogP contribution is 2.39. The molecule has 1 saturated heterocycles. The number of benzene rings is 1. The number of piperazine rings is 1. The molecule has 21 heavy (non-hydrogen) atoms. The van der Waals surface area contributed by atoms with E-state index in [9.17, 15) is 4.39 Å². The topological polar surface area (TPSA) is 15.3 Å². The summed E-state index contributed by atoms with van der Waals surface area (Å²) in [5.74, 6) is 0.598. The summed E-state index contributed by atoms with van der Waals surface area (Å²) in [6.07, 6.45) is 6.47.